The molecule has 1 aromatic rings. The molecule has 0 spiro atoms. The summed E-state index contributed by atoms with van der Waals surface area (Å²) in [7, 11) is -4.60. The van der Waals surface area contributed by atoms with Gasteiger partial charge in [0.25, 0.3) is 5.91 Å². The highest BCUT2D eigenvalue weighted by Gasteiger charge is 2.55. The van der Waals surface area contributed by atoms with Crippen LogP contribution in [0.1, 0.15) is 66.9 Å². The van der Waals surface area contributed by atoms with Crippen LogP contribution >= 0.6 is 15.9 Å². The van der Waals surface area contributed by atoms with E-state index in [1.165, 1.54) is 0 Å². The van der Waals surface area contributed by atoms with Crippen LogP contribution in [0.3, 0.4) is 0 Å². The Bertz CT molecular complexity index is 1260. The molecule has 1 aromatic carbocycles. The average molecular weight is 708 g/mol. The van der Waals surface area contributed by atoms with E-state index < -0.39 is 76.7 Å². The summed E-state index contributed by atoms with van der Waals surface area (Å²) in [5.41, 5.74) is 0.00324. The summed E-state index contributed by atoms with van der Waals surface area (Å²) >= 11 is 3.36. The van der Waals surface area contributed by atoms with E-state index in [2.05, 4.69) is 21.2 Å². The molecule has 3 rings (SSSR count). The molecule has 2 aliphatic heterocycles. The Morgan fingerprint density at radius 3 is 2.25 bits per heavy atom. The number of carbonyl (C=O) groups is 3. The third-order valence-electron chi connectivity index (χ3n) is 6.50. The third-order valence-corrected chi connectivity index (χ3v) is 7.93. The highest BCUT2D eigenvalue weighted by atomic mass is 79.9. The first kappa shape index (κ1) is 36.2. The third kappa shape index (κ3) is 11.6. The topological polar surface area (TPSA) is 165 Å². The van der Waals surface area contributed by atoms with Gasteiger partial charge in [0.1, 0.15) is 30.0 Å². The predicted molar refractivity (Wildman–Crippen MR) is 162 cm³/mol. The van der Waals surface area contributed by atoms with Gasteiger partial charge in [-0.05, 0) is 64.7 Å². The molecule has 0 radical (unpaired) electrons. The van der Waals surface area contributed by atoms with Crippen LogP contribution in [-0.4, -0.2) is 81.4 Å². The molecular weight excluding hydrogens is 664 g/mol. The summed E-state index contributed by atoms with van der Waals surface area (Å²) in [5, 5.41) is 2.42. The maximum absolute atomic E-state index is 12.9. The fourth-order valence-electron chi connectivity index (χ4n) is 4.78. The number of halogens is 1. The van der Waals surface area contributed by atoms with Crippen LogP contribution in [0, 0.1) is 5.92 Å². The molecule has 248 valence electrons. The first-order valence-electron chi connectivity index (χ1n) is 14.4. The summed E-state index contributed by atoms with van der Waals surface area (Å²) in [6, 6.07) is 6.15. The van der Waals surface area contributed by atoms with E-state index in [1.807, 2.05) is 42.8 Å². The summed E-state index contributed by atoms with van der Waals surface area (Å²) in [4.78, 5) is 37.4. The van der Waals surface area contributed by atoms with Gasteiger partial charge in [0.05, 0.1) is 25.7 Å². The van der Waals surface area contributed by atoms with E-state index in [1.54, 1.807) is 34.6 Å². The van der Waals surface area contributed by atoms with Crippen molar-refractivity contribution in [2.45, 2.75) is 110 Å². The molecule has 0 aliphatic carbocycles. The molecule has 2 saturated heterocycles. The molecule has 13 nitrogen and oxygen atoms in total. The van der Waals surface area contributed by atoms with Crippen molar-refractivity contribution in [3.63, 3.8) is 0 Å². The first-order valence-corrected chi connectivity index (χ1v) is 16.6. The van der Waals surface area contributed by atoms with Crippen molar-refractivity contribution in [1.82, 2.24) is 10.0 Å². The van der Waals surface area contributed by atoms with Gasteiger partial charge in [-0.1, -0.05) is 41.9 Å². The number of alkyl carbamates (subject to hydrolysis) is 1. The average Bonchev–Trinajstić information content (AvgIpc) is 3.35. The second-order valence-corrected chi connectivity index (χ2v) is 14.9. The van der Waals surface area contributed by atoms with Gasteiger partial charge in [0, 0.05) is 10.9 Å². The van der Waals surface area contributed by atoms with Gasteiger partial charge in [-0.25, -0.2) is 9.52 Å². The monoisotopic (exact) mass is 706 g/mol. The number of hydrogen-bond donors (Lipinski definition) is 2. The van der Waals surface area contributed by atoms with E-state index in [0.29, 0.717) is 0 Å². The van der Waals surface area contributed by atoms with Gasteiger partial charge >= 0.3 is 22.4 Å². The van der Waals surface area contributed by atoms with Crippen molar-refractivity contribution in [2.24, 2.45) is 5.92 Å². The van der Waals surface area contributed by atoms with Crippen LogP contribution in [0.4, 0.5) is 4.79 Å². The first-order chi connectivity index (χ1) is 20.3. The van der Waals surface area contributed by atoms with Crippen molar-refractivity contribution >= 4 is 44.2 Å². The van der Waals surface area contributed by atoms with Gasteiger partial charge in [-0.2, -0.15) is 8.42 Å². The van der Waals surface area contributed by atoms with Gasteiger partial charge in [-0.15, -0.1) is 0 Å². The lowest BCUT2D eigenvalue weighted by molar-refractivity contribution is -0.191. The van der Waals surface area contributed by atoms with Crippen LogP contribution in [0.15, 0.2) is 28.7 Å². The predicted octanol–water partition coefficient (Wildman–Crippen LogP) is 3.53. The SMILES string of the molecule is CC(C)CC(NC(=O)OC(C)(C)C)C(=O)NS(=O)(=O)OCC1OC(CCOC(=O)Cc2ccc(Br)cc2)C2OC(C)(C)OC12. The molecule has 2 heterocycles. The van der Waals surface area contributed by atoms with Crippen molar-refractivity contribution in [3.8, 4) is 0 Å². The zero-order valence-electron chi connectivity index (χ0n) is 26.1. The Kier molecular flexibility index (Phi) is 12.2. The minimum absolute atomic E-state index is 0.0482. The highest BCUT2D eigenvalue weighted by molar-refractivity contribution is 9.10. The zero-order chi connectivity index (χ0) is 32.9. The lowest BCUT2D eigenvalue weighted by Gasteiger charge is -2.25. The number of esters is 1. The lowest BCUT2D eigenvalue weighted by atomic mass is 10.0. The normalized spacial score (nSPS) is 23.6. The van der Waals surface area contributed by atoms with E-state index in [0.717, 1.165) is 10.0 Å². The van der Waals surface area contributed by atoms with E-state index in [4.69, 9.17) is 27.9 Å². The number of rotatable bonds is 13. The highest BCUT2D eigenvalue weighted by Crippen LogP contribution is 2.40. The number of hydrogen-bond acceptors (Lipinski definition) is 11. The Labute approximate surface area is 267 Å². The maximum Gasteiger partial charge on any atom is 0.408 e. The molecule has 2 amide bonds. The molecule has 5 unspecified atom stereocenters. The summed E-state index contributed by atoms with van der Waals surface area (Å²) in [6.45, 7) is 11.7. The van der Waals surface area contributed by atoms with Gasteiger partial charge in [0.2, 0.25) is 0 Å². The van der Waals surface area contributed by atoms with Crippen LogP contribution in [0.5, 0.6) is 0 Å². The van der Waals surface area contributed by atoms with Crippen LogP contribution in [0.25, 0.3) is 0 Å². The molecular formula is C29H43BrN2O11S. The molecule has 2 aliphatic rings. The number of amides is 2. The van der Waals surface area contributed by atoms with Crippen molar-refractivity contribution in [1.29, 1.82) is 0 Å². The quantitative estimate of drug-likeness (QED) is 0.288. The number of carbonyl (C=O) groups excluding carboxylic acids is 3. The van der Waals surface area contributed by atoms with Crippen molar-refractivity contribution in [3.05, 3.63) is 34.3 Å². The summed E-state index contributed by atoms with van der Waals surface area (Å²) < 4.78 is 61.9. The molecule has 15 heteroatoms. The van der Waals surface area contributed by atoms with Crippen molar-refractivity contribution in [2.75, 3.05) is 13.2 Å². The fraction of sp³-hybridized carbons (Fsp3) is 0.690. The van der Waals surface area contributed by atoms with Gasteiger partial charge in [-0.3, -0.25) is 13.8 Å². The summed E-state index contributed by atoms with van der Waals surface area (Å²) in [6.07, 6.45) is -2.96. The zero-order valence-corrected chi connectivity index (χ0v) is 28.5. The van der Waals surface area contributed by atoms with E-state index >= 15 is 0 Å². The molecule has 2 fully saturated rings. The number of benzene rings is 1. The van der Waals surface area contributed by atoms with Gasteiger partial charge < -0.3 is 29.0 Å². The Hall–Kier alpha value is -2.30. The largest absolute Gasteiger partial charge is 0.465 e. The Balaban J connectivity index is 1.55. The fourth-order valence-corrected chi connectivity index (χ4v) is 5.81. The van der Waals surface area contributed by atoms with Gasteiger partial charge in [0.15, 0.2) is 5.79 Å². The van der Waals surface area contributed by atoms with E-state index in [9.17, 15) is 22.8 Å². The molecule has 0 bridgehead atoms. The van der Waals surface area contributed by atoms with Crippen LogP contribution in [-0.2, 0) is 54.2 Å². The molecule has 5 atom stereocenters. The molecule has 44 heavy (non-hydrogen) atoms. The second kappa shape index (κ2) is 14.9. The molecule has 2 N–H and O–H groups in total. The number of fused-ring (bicyclic) bond motifs is 1. The lowest BCUT2D eigenvalue weighted by Crippen LogP contribution is -2.50. The number of nitrogens with one attached hydrogen (secondary N) is 2. The second-order valence-electron chi connectivity index (χ2n) is 12.6. The van der Waals surface area contributed by atoms with Crippen molar-refractivity contribution < 1.29 is 50.7 Å². The Morgan fingerprint density at radius 1 is 1.05 bits per heavy atom. The number of ether oxygens (including phenoxy) is 5. The summed E-state index contributed by atoms with van der Waals surface area (Å²) in [5.74, 6) is -2.38. The van der Waals surface area contributed by atoms with Crippen LogP contribution in [0.2, 0.25) is 0 Å². The standard InChI is InChI=1S/C29H43BrN2O11S/c1-17(2)14-20(31-27(35)43-28(3,4)5)26(34)32-44(36,37)39-16-22-25-24(41-29(6,7)42-25)21(40-22)12-13-38-23(33)15-18-8-10-19(30)11-9-18/h8-11,17,20-22,24-25H,12-16H2,1-7H3,(H,31,35)(H,32,34). The van der Waals surface area contributed by atoms with Crippen LogP contribution < -0.4 is 10.0 Å². The Morgan fingerprint density at radius 2 is 1.66 bits per heavy atom. The van der Waals surface area contributed by atoms with E-state index in [-0.39, 0.29) is 31.8 Å². The smallest absolute Gasteiger partial charge is 0.408 e. The minimum atomic E-state index is -4.60. The maximum atomic E-state index is 12.9. The molecule has 0 saturated carbocycles. The molecule has 0 aromatic heterocycles. The minimum Gasteiger partial charge on any atom is -0.465 e.